The zero-order valence-corrected chi connectivity index (χ0v) is 9.98. The van der Waals surface area contributed by atoms with Crippen LogP contribution in [0.15, 0.2) is 42.5 Å². The molecule has 17 heavy (non-hydrogen) atoms. The van der Waals surface area contributed by atoms with Gasteiger partial charge in [-0.3, -0.25) is 0 Å². The van der Waals surface area contributed by atoms with Crippen molar-refractivity contribution in [2.24, 2.45) is 0 Å². The first kappa shape index (κ1) is 11.5. The summed E-state index contributed by atoms with van der Waals surface area (Å²) in [4.78, 5) is 4.24. The van der Waals surface area contributed by atoms with E-state index in [9.17, 15) is 0 Å². The Balaban J connectivity index is 2.23. The van der Waals surface area contributed by atoms with Crippen LogP contribution in [0.5, 0.6) is 0 Å². The molecular weight excluding hydrogens is 210 g/mol. The van der Waals surface area contributed by atoms with Crippen molar-refractivity contribution in [1.82, 2.24) is 4.98 Å². The van der Waals surface area contributed by atoms with E-state index in [0.29, 0.717) is 5.82 Å². The van der Waals surface area contributed by atoms with Crippen molar-refractivity contribution in [3.05, 3.63) is 48.0 Å². The lowest BCUT2D eigenvalue weighted by Gasteiger charge is -2.10. The number of rotatable bonds is 4. The summed E-state index contributed by atoms with van der Waals surface area (Å²) < 4.78 is 0. The highest BCUT2D eigenvalue weighted by Gasteiger charge is 2.01. The monoisotopic (exact) mass is 227 g/mol. The quantitative estimate of drug-likeness (QED) is 0.842. The van der Waals surface area contributed by atoms with Crippen molar-refractivity contribution in [1.29, 1.82) is 0 Å². The molecule has 1 aromatic heterocycles. The molecule has 3 N–H and O–H groups in total. The van der Waals surface area contributed by atoms with Crippen LogP contribution >= 0.6 is 0 Å². The van der Waals surface area contributed by atoms with Crippen molar-refractivity contribution in [2.45, 2.75) is 19.8 Å². The van der Waals surface area contributed by atoms with Crippen molar-refractivity contribution in [2.75, 3.05) is 11.1 Å². The minimum atomic E-state index is 0.531. The van der Waals surface area contributed by atoms with E-state index in [4.69, 9.17) is 5.73 Å². The van der Waals surface area contributed by atoms with Gasteiger partial charge in [0.2, 0.25) is 0 Å². The first-order chi connectivity index (χ1) is 8.29. The van der Waals surface area contributed by atoms with Gasteiger partial charge in [0.15, 0.2) is 0 Å². The second-order valence-electron chi connectivity index (χ2n) is 3.98. The third kappa shape index (κ3) is 2.97. The van der Waals surface area contributed by atoms with E-state index in [1.54, 1.807) is 6.07 Å². The van der Waals surface area contributed by atoms with E-state index in [1.165, 1.54) is 5.56 Å². The number of aryl methyl sites for hydroxylation is 1. The van der Waals surface area contributed by atoms with Gasteiger partial charge in [-0.2, -0.15) is 0 Å². The van der Waals surface area contributed by atoms with E-state index in [2.05, 4.69) is 35.4 Å². The Bertz CT molecular complexity index is 494. The van der Waals surface area contributed by atoms with E-state index in [-0.39, 0.29) is 0 Å². The van der Waals surface area contributed by atoms with Crippen molar-refractivity contribution in [3.63, 3.8) is 0 Å². The van der Waals surface area contributed by atoms with Gasteiger partial charge in [-0.15, -0.1) is 0 Å². The summed E-state index contributed by atoms with van der Waals surface area (Å²) >= 11 is 0. The van der Waals surface area contributed by atoms with Gasteiger partial charge in [-0.05, 0) is 30.2 Å². The standard InChI is InChI=1S/C14H17N3/c1-2-6-11-7-3-4-8-12(11)16-14-10-5-9-13(15)17-14/h3-5,7-10H,2,6H2,1H3,(H3,15,16,17). The maximum Gasteiger partial charge on any atom is 0.132 e. The minimum absolute atomic E-state index is 0.531. The van der Waals surface area contributed by atoms with Crippen LogP contribution < -0.4 is 11.1 Å². The minimum Gasteiger partial charge on any atom is -0.384 e. The Kier molecular flexibility index (Phi) is 3.60. The lowest BCUT2D eigenvalue weighted by molar-refractivity contribution is 0.923. The molecule has 0 fully saturated rings. The maximum atomic E-state index is 5.66. The van der Waals surface area contributed by atoms with E-state index in [1.807, 2.05) is 18.2 Å². The third-order valence-electron chi connectivity index (χ3n) is 2.57. The van der Waals surface area contributed by atoms with E-state index < -0.39 is 0 Å². The Labute approximate surface area is 102 Å². The molecule has 0 radical (unpaired) electrons. The second kappa shape index (κ2) is 5.34. The summed E-state index contributed by atoms with van der Waals surface area (Å²) in [5.74, 6) is 1.32. The molecule has 1 aromatic carbocycles. The Hall–Kier alpha value is -2.03. The number of para-hydroxylation sites is 1. The first-order valence-electron chi connectivity index (χ1n) is 5.87. The maximum absolute atomic E-state index is 5.66. The average Bonchev–Trinajstić information content (AvgIpc) is 2.32. The molecule has 0 amide bonds. The van der Waals surface area contributed by atoms with Gasteiger partial charge >= 0.3 is 0 Å². The number of nitrogens with zero attached hydrogens (tertiary/aromatic N) is 1. The van der Waals surface area contributed by atoms with Gasteiger partial charge in [0.05, 0.1) is 0 Å². The summed E-state index contributed by atoms with van der Waals surface area (Å²) in [6.07, 6.45) is 2.19. The zero-order chi connectivity index (χ0) is 12.1. The molecule has 0 saturated heterocycles. The SMILES string of the molecule is CCCc1ccccc1Nc1cccc(N)n1. The number of nitrogens with one attached hydrogen (secondary N) is 1. The van der Waals surface area contributed by atoms with Gasteiger partial charge in [-0.25, -0.2) is 4.98 Å². The Morgan fingerprint density at radius 2 is 1.94 bits per heavy atom. The largest absolute Gasteiger partial charge is 0.384 e. The Morgan fingerprint density at radius 1 is 1.12 bits per heavy atom. The fourth-order valence-electron chi connectivity index (χ4n) is 1.79. The van der Waals surface area contributed by atoms with Gasteiger partial charge in [0.1, 0.15) is 11.6 Å². The molecule has 0 atom stereocenters. The van der Waals surface area contributed by atoms with E-state index in [0.717, 1.165) is 24.3 Å². The molecule has 3 nitrogen and oxygen atoms in total. The highest BCUT2D eigenvalue weighted by Crippen LogP contribution is 2.21. The number of nitrogen functional groups attached to an aromatic ring is 1. The number of hydrogen-bond acceptors (Lipinski definition) is 3. The molecule has 1 heterocycles. The first-order valence-corrected chi connectivity index (χ1v) is 5.87. The number of anilines is 3. The van der Waals surface area contributed by atoms with Crippen LogP contribution in [0.2, 0.25) is 0 Å². The molecule has 0 aliphatic rings. The van der Waals surface area contributed by atoms with Crippen molar-refractivity contribution < 1.29 is 0 Å². The van der Waals surface area contributed by atoms with Gasteiger partial charge in [0.25, 0.3) is 0 Å². The van der Waals surface area contributed by atoms with Gasteiger partial charge in [0, 0.05) is 5.69 Å². The van der Waals surface area contributed by atoms with Crippen molar-refractivity contribution >= 4 is 17.3 Å². The van der Waals surface area contributed by atoms with Crippen molar-refractivity contribution in [3.8, 4) is 0 Å². The fraction of sp³-hybridized carbons (Fsp3) is 0.214. The summed E-state index contributed by atoms with van der Waals surface area (Å²) in [5.41, 5.74) is 8.07. The third-order valence-corrected chi connectivity index (χ3v) is 2.57. The lowest BCUT2D eigenvalue weighted by atomic mass is 10.1. The predicted octanol–water partition coefficient (Wildman–Crippen LogP) is 3.36. The number of nitrogens with two attached hydrogens (primary N) is 1. The van der Waals surface area contributed by atoms with Crippen LogP contribution in [0.4, 0.5) is 17.3 Å². The number of pyridine rings is 1. The highest BCUT2D eigenvalue weighted by atomic mass is 15.0. The van der Waals surface area contributed by atoms with Crippen LogP contribution in [0.3, 0.4) is 0 Å². The van der Waals surface area contributed by atoms with Crippen LogP contribution in [0.25, 0.3) is 0 Å². The molecule has 0 unspecified atom stereocenters. The lowest BCUT2D eigenvalue weighted by Crippen LogP contribution is -1.99. The van der Waals surface area contributed by atoms with Crippen LogP contribution in [-0.4, -0.2) is 4.98 Å². The summed E-state index contributed by atoms with van der Waals surface area (Å²) in [6.45, 7) is 2.18. The smallest absolute Gasteiger partial charge is 0.132 e. The predicted molar refractivity (Wildman–Crippen MR) is 72.4 cm³/mol. The average molecular weight is 227 g/mol. The highest BCUT2D eigenvalue weighted by molar-refractivity contribution is 5.61. The number of hydrogen-bond donors (Lipinski definition) is 2. The topological polar surface area (TPSA) is 50.9 Å². The molecule has 88 valence electrons. The number of benzene rings is 1. The molecule has 0 aliphatic carbocycles. The fourth-order valence-corrected chi connectivity index (χ4v) is 1.79. The molecular formula is C14H17N3. The summed E-state index contributed by atoms with van der Waals surface area (Å²) in [5, 5.41) is 3.31. The van der Waals surface area contributed by atoms with Crippen LogP contribution in [0.1, 0.15) is 18.9 Å². The molecule has 0 saturated carbocycles. The summed E-state index contributed by atoms with van der Waals surface area (Å²) in [7, 11) is 0. The van der Waals surface area contributed by atoms with Crippen LogP contribution in [-0.2, 0) is 6.42 Å². The molecule has 0 aliphatic heterocycles. The van der Waals surface area contributed by atoms with Crippen LogP contribution in [0, 0.1) is 0 Å². The van der Waals surface area contributed by atoms with E-state index >= 15 is 0 Å². The molecule has 2 rings (SSSR count). The Morgan fingerprint density at radius 3 is 2.71 bits per heavy atom. The number of aromatic nitrogens is 1. The summed E-state index contributed by atoms with van der Waals surface area (Å²) in [6, 6.07) is 13.9. The molecule has 3 heteroatoms. The molecule has 2 aromatic rings. The zero-order valence-electron chi connectivity index (χ0n) is 9.98. The van der Waals surface area contributed by atoms with Gasteiger partial charge < -0.3 is 11.1 Å². The molecule has 0 spiro atoms. The van der Waals surface area contributed by atoms with Gasteiger partial charge in [-0.1, -0.05) is 37.6 Å². The molecule has 0 bridgehead atoms. The second-order valence-corrected chi connectivity index (χ2v) is 3.98. The normalized spacial score (nSPS) is 10.2.